The van der Waals surface area contributed by atoms with Crippen LogP contribution >= 0.6 is 15.9 Å². The molecule has 7 heteroatoms. The largest absolute Gasteiger partial charge is 0.450 e. The molecule has 126 valence electrons. The van der Waals surface area contributed by atoms with Crippen LogP contribution in [0.4, 0.5) is 9.18 Å². The number of hydrogen-bond donors (Lipinski definition) is 1. The fraction of sp³-hybridized carbons (Fsp3) is 0.500. The molecule has 1 aliphatic rings. The van der Waals surface area contributed by atoms with Gasteiger partial charge in [-0.25, -0.2) is 9.18 Å². The average molecular weight is 387 g/mol. The first kappa shape index (κ1) is 17.7. The van der Waals surface area contributed by atoms with E-state index in [2.05, 4.69) is 21.2 Å². The van der Waals surface area contributed by atoms with Crippen LogP contribution in [-0.4, -0.2) is 42.6 Å². The summed E-state index contributed by atoms with van der Waals surface area (Å²) in [4.78, 5) is 25.3. The minimum atomic E-state index is -0.388. The summed E-state index contributed by atoms with van der Waals surface area (Å²) < 4.78 is 19.4. The standard InChI is InChI=1S/C16H20BrFN2O3/c1-2-23-16(22)20-7-5-13(6-8-20)19-15(21)10-11-9-12(17)3-4-14(11)18/h3-4,9,13H,2,5-8,10H2,1H3,(H,19,21). The molecule has 2 amide bonds. The van der Waals surface area contributed by atoms with E-state index in [9.17, 15) is 14.0 Å². The Morgan fingerprint density at radius 3 is 2.74 bits per heavy atom. The zero-order valence-corrected chi connectivity index (χ0v) is 14.6. The fourth-order valence-corrected chi connectivity index (χ4v) is 2.96. The van der Waals surface area contributed by atoms with Crippen molar-refractivity contribution in [3.8, 4) is 0 Å². The molecule has 0 atom stereocenters. The van der Waals surface area contributed by atoms with Crippen molar-refractivity contribution in [2.75, 3.05) is 19.7 Å². The topological polar surface area (TPSA) is 58.6 Å². The monoisotopic (exact) mass is 386 g/mol. The van der Waals surface area contributed by atoms with Crippen molar-refractivity contribution in [1.82, 2.24) is 10.2 Å². The highest BCUT2D eigenvalue weighted by atomic mass is 79.9. The summed E-state index contributed by atoms with van der Waals surface area (Å²) in [6.07, 6.45) is 1.04. The third kappa shape index (κ3) is 5.20. The summed E-state index contributed by atoms with van der Waals surface area (Å²) >= 11 is 3.27. The molecule has 1 fully saturated rings. The number of amides is 2. The van der Waals surface area contributed by atoms with Gasteiger partial charge in [-0.15, -0.1) is 0 Å². The van der Waals surface area contributed by atoms with Crippen molar-refractivity contribution in [3.05, 3.63) is 34.1 Å². The molecule has 0 spiro atoms. The molecule has 1 aromatic carbocycles. The van der Waals surface area contributed by atoms with E-state index in [0.29, 0.717) is 38.1 Å². The van der Waals surface area contributed by atoms with Crippen molar-refractivity contribution in [2.45, 2.75) is 32.2 Å². The van der Waals surface area contributed by atoms with E-state index in [1.165, 1.54) is 6.07 Å². The van der Waals surface area contributed by atoms with Crippen LogP contribution in [0.3, 0.4) is 0 Å². The lowest BCUT2D eigenvalue weighted by molar-refractivity contribution is -0.121. The summed E-state index contributed by atoms with van der Waals surface area (Å²) in [6.45, 7) is 3.23. The maximum Gasteiger partial charge on any atom is 0.409 e. The highest BCUT2D eigenvalue weighted by molar-refractivity contribution is 9.10. The van der Waals surface area contributed by atoms with Crippen LogP contribution in [0.5, 0.6) is 0 Å². The molecule has 5 nitrogen and oxygen atoms in total. The number of nitrogens with one attached hydrogen (secondary N) is 1. The van der Waals surface area contributed by atoms with Gasteiger partial charge in [0.15, 0.2) is 0 Å². The Labute approximate surface area is 143 Å². The Morgan fingerprint density at radius 2 is 2.09 bits per heavy atom. The van der Waals surface area contributed by atoms with Crippen molar-refractivity contribution in [2.24, 2.45) is 0 Å². The fourth-order valence-electron chi connectivity index (χ4n) is 2.55. The number of nitrogens with zero attached hydrogens (tertiary/aromatic N) is 1. The van der Waals surface area contributed by atoms with Crippen molar-refractivity contribution >= 4 is 27.9 Å². The van der Waals surface area contributed by atoms with E-state index in [1.807, 2.05) is 0 Å². The SMILES string of the molecule is CCOC(=O)N1CCC(NC(=O)Cc2cc(Br)ccc2F)CC1. The predicted molar refractivity (Wildman–Crippen MR) is 87.6 cm³/mol. The number of benzene rings is 1. The van der Waals surface area contributed by atoms with Crippen molar-refractivity contribution in [1.29, 1.82) is 0 Å². The first-order valence-corrected chi connectivity index (χ1v) is 8.44. The lowest BCUT2D eigenvalue weighted by Crippen LogP contribution is -2.47. The maximum absolute atomic E-state index is 13.7. The van der Waals surface area contributed by atoms with Gasteiger partial charge in [-0.3, -0.25) is 4.79 Å². The number of piperidine rings is 1. The molecule has 1 aliphatic heterocycles. The summed E-state index contributed by atoms with van der Waals surface area (Å²) in [6, 6.07) is 4.55. The first-order valence-electron chi connectivity index (χ1n) is 7.64. The van der Waals surface area contributed by atoms with E-state index < -0.39 is 0 Å². The quantitative estimate of drug-likeness (QED) is 0.865. The molecule has 0 saturated carbocycles. The Morgan fingerprint density at radius 1 is 1.39 bits per heavy atom. The lowest BCUT2D eigenvalue weighted by atomic mass is 10.0. The molecule has 0 bridgehead atoms. The molecule has 0 unspecified atom stereocenters. The van der Waals surface area contributed by atoms with Gasteiger partial charge in [-0.1, -0.05) is 15.9 Å². The molecule has 23 heavy (non-hydrogen) atoms. The van der Waals surface area contributed by atoms with Crippen LogP contribution in [0.25, 0.3) is 0 Å². The molecule has 1 aromatic rings. The highest BCUT2D eigenvalue weighted by Gasteiger charge is 2.24. The van der Waals surface area contributed by atoms with Gasteiger partial charge in [0.2, 0.25) is 5.91 Å². The Balaban J connectivity index is 1.81. The van der Waals surface area contributed by atoms with Gasteiger partial charge in [-0.05, 0) is 43.5 Å². The molecular formula is C16H20BrFN2O3. The van der Waals surface area contributed by atoms with Gasteiger partial charge in [0.05, 0.1) is 13.0 Å². The van der Waals surface area contributed by atoms with Crippen LogP contribution in [0.15, 0.2) is 22.7 Å². The molecule has 0 aliphatic carbocycles. The van der Waals surface area contributed by atoms with E-state index in [-0.39, 0.29) is 30.3 Å². The normalized spacial score (nSPS) is 15.3. The predicted octanol–water partition coefficient (Wildman–Crippen LogP) is 2.87. The molecule has 1 heterocycles. The number of carbonyl (C=O) groups excluding carboxylic acids is 2. The van der Waals surface area contributed by atoms with Gasteiger partial charge in [-0.2, -0.15) is 0 Å². The molecule has 0 radical (unpaired) electrons. The van der Waals surface area contributed by atoms with Crippen LogP contribution in [-0.2, 0) is 16.0 Å². The zero-order chi connectivity index (χ0) is 16.8. The Bertz CT molecular complexity index is 574. The van der Waals surface area contributed by atoms with Crippen LogP contribution in [0, 0.1) is 5.82 Å². The number of likely N-dealkylation sites (tertiary alicyclic amines) is 1. The van der Waals surface area contributed by atoms with Crippen LogP contribution in [0.1, 0.15) is 25.3 Å². The second-order valence-electron chi connectivity index (χ2n) is 5.44. The summed E-state index contributed by atoms with van der Waals surface area (Å²) in [5.74, 6) is -0.600. The summed E-state index contributed by atoms with van der Waals surface area (Å²) in [7, 11) is 0. The lowest BCUT2D eigenvalue weighted by Gasteiger charge is -2.31. The summed E-state index contributed by atoms with van der Waals surface area (Å²) in [5.41, 5.74) is 0.362. The minimum absolute atomic E-state index is 0.00314. The van der Waals surface area contributed by atoms with E-state index in [1.54, 1.807) is 24.0 Å². The van der Waals surface area contributed by atoms with Crippen LogP contribution < -0.4 is 5.32 Å². The third-order valence-corrected chi connectivity index (χ3v) is 4.24. The minimum Gasteiger partial charge on any atom is -0.450 e. The molecule has 1 N–H and O–H groups in total. The average Bonchev–Trinajstić information content (AvgIpc) is 2.52. The highest BCUT2D eigenvalue weighted by Crippen LogP contribution is 2.17. The second kappa shape index (κ2) is 8.29. The Hall–Kier alpha value is -1.63. The zero-order valence-electron chi connectivity index (χ0n) is 13.0. The van der Waals surface area contributed by atoms with Gasteiger partial charge in [0.25, 0.3) is 0 Å². The smallest absolute Gasteiger partial charge is 0.409 e. The number of hydrogen-bond acceptors (Lipinski definition) is 3. The van der Waals surface area contributed by atoms with Gasteiger partial charge >= 0.3 is 6.09 Å². The molecule has 0 aromatic heterocycles. The first-order chi connectivity index (χ1) is 11.0. The Kier molecular flexibility index (Phi) is 6.38. The van der Waals surface area contributed by atoms with Gasteiger partial charge < -0.3 is 15.0 Å². The van der Waals surface area contributed by atoms with E-state index >= 15 is 0 Å². The van der Waals surface area contributed by atoms with Crippen molar-refractivity contribution < 1.29 is 18.7 Å². The van der Waals surface area contributed by atoms with E-state index in [4.69, 9.17) is 4.74 Å². The molecule has 1 saturated heterocycles. The number of halogens is 2. The van der Waals surface area contributed by atoms with Gasteiger partial charge in [0.1, 0.15) is 5.82 Å². The summed E-state index contributed by atoms with van der Waals surface area (Å²) in [5, 5.41) is 2.91. The number of carbonyl (C=O) groups is 2. The van der Waals surface area contributed by atoms with Crippen molar-refractivity contribution in [3.63, 3.8) is 0 Å². The van der Waals surface area contributed by atoms with Gasteiger partial charge in [0, 0.05) is 23.6 Å². The third-order valence-electron chi connectivity index (χ3n) is 3.74. The molecule has 2 rings (SSSR count). The number of ether oxygens (including phenoxy) is 1. The maximum atomic E-state index is 13.7. The molecular weight excluding hydrogens is 367 g/mol. The van der Waals surface area contributed by atoms with Crippen LogP contribution in [0.2, 0.25) is 0 Å². The van der Waals surface area contributed by atoms with E-state index in [0.717, 1.165) is 4.47 Å². The number of rotatable bonds is 4. The second-order valence-corrected chi connectivity index (χ2v) is 6.36.